The SMILES string of the molecule is Cc1cc2c(cnn2-c2ccc(F)cc2)cc1O[C@H](c1ccccc1)[C@H](C)NC(=O)CO. The van der Waals surface area contributed by atoms with Crippen LogP contribution in [0.4, 0.5) is 4.39 Å². The fourth-order valence-electron chi connectivity index (χ4n) is 3.69. The lowest BCUT2D eigenvalue weighted by Gasteiger charge is -2.27. The molecule has 2 N–H and O–H groups in total. The molecule has 4 rings (SSSR count). The van der Waals surface area contributed by atoms with Crippen LogP contribution in [-0.2, 0) is 4.79 Å². The number of aromatic nitrogens is 2. The normalized spacial score (nSPS) is 13.0. The molecular formula is C25H24FN3O3. The van der Waals surface area contributed by atoms with Gasteiger partial charge in [-0.15, -0.1) is 0 Å². The van der Waals surface area contributed by atoms with E-state index in [9.17, 15) is 9.18 Å². The number of carbonyl (C=O) groups is 1. The summed E-state index contributed by atoms with van der Waals surface area (Å²) in [6, 6.07) is 19.3. The lowest BCUT2D eigenvalue weighted by atomic mass is 10.0. The van der Waals surface area contributed by atoms with Crippen LogP contribution in [0.1, 0.15) is 24.2 Å². The quantitative estimate of drug-likeness (QED) is 0.460. The van der Waals surface area contributed by atoms with E-state index in [2.05, 4.69) is 10.4 Å². The van der Waals surface area contributed by atoms with Gasteiger partial charge in [0.25, 0.3) is 0 Å². The Morgan fingerprint density at radius 2 is 1.88 bits per heavy atom. The van der Waals surface area contributed by atoms with Crippen molar-refractivity contribution in [3.05, 3.63) is 89.9 Å². The Labute approximate surface area is 185 Å². The van der Waals surface area contributed by atoms with Gasteiger partial charge in [-0.2, -0.15) is 5.10 Å². The summed E-state index contributed by atoms with van der Waals surface area (Å²) >= 11 is 0. The predicted octanol–water partition coefficient (Wildman–Crippen LogP) is 4.09. The monoisotopic (exact) mass is 433 g/mol. The molecular weight excluding hydrogens is 409 g/mol. The van der Waals surface area contributed by atoms with Gasteiger partial charge in [0, 0.05) is 5.39 Å². The van der Waals surface area contributed by atoms with Gasteiger partial charge >= 0.3 is 0 Å². The summed E-state index contributed by atoms with van der Waals surface area (Å²) in [4.78, 5) is 11.8. The number of aryl methyl sites for hydroxylation is 1. The topological polar surface area (TPSA) is 76.4 Å². The fourth-order valence-corrected chi connectivity index (χ4v) is 3.69. The second-order valence-electron chi connectivity index (χ2n) is 7.67. The molecule has 0 saturated carbocycles. The number of halogens is 1. The summed E-state index contributed by atoms with van der Waals surface area (Å²) in [7, 11) is 0. The van der Waals surface area contributed by atoms with Crippen LogP contribution >= 0.6 is 0 Å². The summed E-state index contributed by atoms with van der Waals surface area (Å²) in [6.07, 6.45) is 1.27. The second-order valence-corrected chi connectivity index (χ2v) is 7.67. The Morgan fingerprint density at radius 1 is 1.16 bits per heavy atom. The summed E-state index contributed by atoms with van der Waals surface area (Å²) in [5.74, 6) is -0.101. The summed E-state index contributed by atoms with van der Waals surface area (Å²) in [6.45, 7) is 3.20. The number of hydrogen-bond donors (Lipinski definition) is 2. The molecule has 7 heteroatoms. The third kappa shape index (κ3) is 4.48. The van der Waals surface area contributed by atoms with E-state index in [0.717, 1.165) is 27.7 Å². The van der Waals surface area contributed by atoms with E-state index in [1.807, 2.05) is 56.3 Å². The van der Waals surface area contributed by atoms with Crippen LogP contribution in [0.3, 0.4) is 0 Å². The van der Waals surface area contributed by atoms with Crippen molar-refractivity contribution in [2.75, 3.05) is 6.61 Å². The number of carbonyl (C=O) groups excluding carboxylic acids is 1. The van der Waals surface area contributed by atoms with Gasteiger partial charge in [0.05, 0.1) is 23.4 Å². The van der Waals surface area contributed by atoms with Crippen molar-refractivity contribution in [2.24, 2.45) is 0 Å². The number of fused-ring (bicyclic) bond motifs is 1. The van der Waals surface area contributed by atoms with Gasteiger partial charge in [-0.1, -0.05) is 30.3 Å². The van der Waals surface area contributed by atoms with Gasteiger partial charge in [0.15, 0.2) is 0 Å². The van der Waals surface area contributed by atoms with Crippen molar-refractivity contribution in [3.8, 4) is 11.4 Å². The van der Waals surface area contributed by atoms with Gasteiger partial charge in [-0.25, -0.2) is 9.07 Å². The van der Waals surface area contributed by atoms with Crippen molar-refractivity contribution in [2.45, 2.75) is 26.0 Å². The summed E-state index contributed by atoms with van der Waals surface area (Å²) in [5, 5.41) is 17.2. The number of nitrogens with zero attached hydrogens (tertiary/aromatic N) is 2. The molecule has 0 fully saturated rings. The zero-order valence-electron chi connectivity index (χ0n) is 17.8. The molecule has 3 aromatic carbocycles. The number of rotatable bonds is 7. The highest BCUT2D eigenvalue weighted by Crippen LogP contribution is 2.32. The number of ether oxygens (including phenoxy) is 1. The standard InChI is InChI=1S/C25H24FN3O3/c1-16-12-22-19(14-27-29(22)21-10-8-20(26)9-11-21)13-23(16)32-25(17(2)28-24(31)15-30)18-6-4-3-5-7-18/h3-14,17,25,30H,15H2,1-2H3,(H,28,31)/t17-,25-/m0/s1. The zero-order chi connectivity index (χ0) is 22.7. The first kappa shape index (κ1) is 21.5. The maximum atomic E-state index is 13.3. The van der Waals surface area contributed by atoms with E-state index in [1.165, 1.54) is 12.1 Å². The molecule has 1 aromatic heterocycles. The van der Waals surface area contributed by atoms with Gasteiger partial charge in [-0.05, 0) is 61.4 Å². The largest absolute Gasteiger partial charge is 0.483 e. The molecule has 0 aliphatic carbocycles. The van der Waals surface area contributed by atoms with Crippen LogP contribution in [0.15, 0.2) is 72.9 Å². The van der Waals surface area contributed by atoms with Crippen LogP contribution in [0.25, 0.3) is 16.6 Å². The second kappa shape index (κ2) is 9.20. The van der Waals surface area contributed by atoms with Gasteiger partial charge in [0.2, 0.25) is 5.91 Å². The van der Waals surface area contributed by atoms with Crippen LogP contribution in [0.2, 0.25) is 0 Å². The molecule has 6 nitrogen and oxygen atoms in total. The van der Waals surface area contributed by atoms with Crippen LogP contribution in [-0.4, -0.2) is 33.4 Å². The average Bonchev–Trinajstić information content (AvgIpc) is 3.20. The summed E-state index contributed by atoms with van der Waals surface area (Å²) in [5.41, 5.74) is 3.43. The smallest absolute Gasteiger partial charge is 0.246 e. The molecule has 2 atom stereocenters. The van der Waals surface area contributed by atoms with Crippen LogP contribution < -0.4 is 10.1 Å². The third-order valence-corrected chi connectivity index (χ3v) is 5.30. The van der Waals surface area contributed by atoms with Crippen molar-refractivity contribution < 1.29 is 19.0 Å². The van der Waals surface area contributed by atoms with Crippen LogP contribution in [0.5, 0.6) is 5.75 Å². The highest BCUT2D eigenvalue weighted by Gasteiger charge is 2.24. The maximum Gasteiger partial charge on any atom is 0.246 e. The number of hydrogen-bond acceptors (Lipinski definition) is 4. The zero-order valence-corrected chi connectivity index (χ0v) is 17.8. The molecule has 32 heavy (non-hydrogen) atoms. The molecule has 0 saturated heterocycles. The number of aliphatic hydroxyl groups excluding tert-OH is 1. The average molecular weight is 433 g/mol. The maximum absolute atomic E-state index is 13.3. The van der Waals surface area contributed by atoms with E-state index in [0.29, 0.717) is 5.75 Å². The Hall–Kier alpha value is -3.71. The van der Waals surface area contributed by atoms with E-state index in [-0.39, 0.29) is 11.9 Å². The lowest BCUT2D eigenvalue weighted by molar-refractivity contribution is -0.125. The van der Waals surface area contributed by atoms with E-state index >= 15 is 0 Å². The molecule has 0 aliphatic heterocycles. The highest BCUT2D eigenvalue weighted by molar-refractivity contribution is 5.83. The Morgan fingerprint density at radius 3 is 2.56 bits per heavy atom. The number of nitrogens with one attached hydrogen (secondary N) is 1. The van der Waals surface area contributed by atoms with Crippen molar-refractivity contribution in [1.82, 2.24) is 15.1 Å². The molecule has 1 amide bonds. The number of aliphatic hydroxyl groups is 1. The first-order chi connectivity index (χ1) is 15.5. The first-order valence-corrected chi connectivity index (χ1v) is 10.3. The Kier molecular flexibility index (Phi) is 6.18. The molecule has 0 aliphatic rings. The van der Waals surface area contributed by atoms with Crippen molar-refractivity contribution in [3.63, 3.8) is 0 Å². The molecule has 164 valence electrons. The van der Waals surface area contributed by atoms with E-state index in [1.54, 1.807) is 23.0 Å². The molecule has 0 unspecified atom stereocenters. The van der Waals surface area contributed by atoms with E-state index in [4.69, 9.17) is 9.84 Å². The minimum absolute atomic E-state index is 0.300. The Balaban J connectivity index is 1.68. The van der Waals surface area contributed by atoms with Gasteiger partial charge in [0.1, 0.15) is 24.3 Å². The molecule has 0 spiro atoms. The first-order valence-electron chi connectivity index (χ1n) is 10.3. The summed E-state index contributed by atoms with van der Waals surface area (Å²) < 4.78 is 21.5. The minimum atomic E-state index is -0.584. The minimum Gasteiger partial charge on any atom is -0.483 e. The van der Waals surface area contributed by atoms with Crippen molar-refractivity contribution in [1.29, 1.82) is 0 Å². The Bertz CT molecular complexity index is 1220. The fraction of sp³-hybridized carbons (Fsp3) is 0.200. The van der Waals surface area contributed by atoms with Gasteiger partial charge < -0.3 is 15.2 Å². The highest BCUT2D eigenvalue weighted by atomic mass is 19.1. The molecule has 0 radical (unpaired) electrons. The molecule has 4 aromatic rings. The number of benzene rings is 3. The molecule has 1 heterocycles. The van der Waals surface area contributed by atoms with Crippen molar-refractivity contribution >= 4 is 16.8 Å². The molecule has 0 bridgehead atoms. The van der Waals surface area contributed by atoms with Crippen LogP contribution in [0, 0.1) is 12.7 Å². The van der Waals surface area contributed by atoms with E-state index < -0.39 is 18.6 Å². The van der Waals surface area contributed by atoms with Gasteiger partial charge in [-0.3, -0.25) is 4.79 Å². The third-order valence-electron chi connectivity index (χ3n) is 5.30. The number of amides is 1. The predicted molar refractivity (Wildman–Crippen MR) is 120 cm³/mol. The lowest BCUT2D eigenvalue weighted by Crippen LogP contribution is -2.40.